The normalized spacial score (nSPS) is 17.0. The van der Waals surface area contributed by atoms with Crippen molar-refractivity contribution in [2.45, 2.75) is 44.2 Å². The Hall–Kier alpha value is -0.480. The maximum Gasteiger partial charge on any atom is 0.242 e. The second-order valence-electron chi connectivity index (χ2n) is 5.63. The van der Waals surface area contributed by atoms with Gasteiger partial charge in [-0.15, -0.1) is 12.4 Å². The van der Waals surface area contributed by atoms with Gasteiger partial charge in [0.05, 0.1) is 15.6 Å². The summed E-state index contributed by atoms with van der Waals surface area (Å²) in [6.45, 7) is 0.495. The molecule has 0 bridgehead atoms. The van der Waals surface area contributed by atoms with Crippen molar-refractivity contribution in [1.82, 2.24) is 4.90 Å². The zero-order chi connectivity index (χ0) is 14.8. The van der Waals surface area contributed by atoms with Crippen molar-refractivity contribution in [3.63, 3.8) is 0 Å². The van der Waals surface area contributed by atoms with Gasteiger partial charge < -0.3 is 10.6 Å². The van der Waals surface area contributed by atoms with E-state index in [1.165, 1.54) is 6.42 Å². The van der Waals surface area contributed by atoms with Crippen LogP contribution < -0.4 is 5.73 Å². The molecule has 0 atom stereocenters. The third-order valence-corrected chi connectivity index (χ3v) is 4.66. The second kappa shape index (κ2) is 7.68. The lowest BCUT2D eigenvalue weighted by Crippen LogP contribution is -2.55. The van der Waals surface area contributed by atoms with E-state index in [-0.39, 0.29) is 18.3 Å². The number of amides is 1. The Balaban J connectivity index is 0.00000220. The number of halogens is 3. The van der Waals surface area contributed by atoms with Gasteiger partial charge in [0.1, 0.15) is 0 Å². The Morgan fingerprint density at radius 2 is 1.86 bits per heavy atom. The molecule has 2 rings (SSSR count). The molecule has 0 spiro atoms. The standard InChI is InChI=1S/C15H20Cl2N2O.ClH/c1-19(10-11-5-6-12(16)13(17)9-11)14(20)15(18)7-3-2-4-8-15;/h5-6,9H,2-4,7-8,10,18H2,1H3;1H. The zero-order valence-electron chi connectivity index (χ0n) is 12.1. The summed E-state index contributed by atoms with van der Waals surface area (Å²) in [4.78, 5) is 14.2. The van der Waals surface area contributed by atoms with Crippen LogP contribution in [0.5, 0.6) is 0 Å². The second-order valence-corrected chi connectivity index (χ2v) is 6.44. The Morgan fingerprint density at radius 3 is 2.43 bits per heavy atom. The molecular formula is C15H21Cl3N2O. The number of carbonyl (C=O) groups excluding carboxylic acids is 1. The lowest BCUT2D eigenvalue weighted by Gasteiger charge is -2.35. The van der Waals surface area contributed by atoms with E-state index in [0.717, 1.165) is 31.2 Å². The molecule has 1 fully saturated rings. The van der Waals surface area contributed by atoms with Crippen LogP contribution in [-0.2, 0) is 11.3 Å². The van der Waals surface area contributed by atoms with E-state index >= 15 is 0 Å². The highest BCUT2D eigenvalue weighted by Gasteiger charge is 2.37. The van der Waals surface area contributed by atoms with Crippen LogP contribution in [0.2, 0.25) is 10.0 Å². The average molecular weight is 352 g/mol. The van der Waals surface area contributed by atoms with E-state index in [9.17, 15) is 4.79 Å². The maximum absolute atomic E-state index is 12.5. The molecule has 0 radical (unpaired) electrons. The molecular weight excluding hydrogens is 331 g/mol. The number of nitrogens with two attached hydrogens (primary N) is 1. The molecule has 1 saturated carbocycles. The van der Waals surface area contributed by atoms with Crippen LogP contribution in [0.3, 0.4) is 0 Å². The molecule has 0 saturated heterocycles. The molecule has 2 N–H and O–H groups in total. The van der Waals surface area contributed by atoms with Crippen molar-refractivity contribution in [3.8, 4) is 0 Å². The van der Waals surface area contributed by atoms with Gasteiger partial charge >= 0.3 is 0 Å². The Morgan fingerprint density at radius 1 is 1.24 bits per heavy atom. The van der Waals surface area contributed by atoms with Crippen LogP contribution in [0, 0.1) is 0 Å². The number of carbonyl (C=O) groups is 1. The first-order chi connectivity index (χ1) is 9.42. The first-order valence-corrected chi connectivity index (χ1v) is 7.66. The molecule has 21 heavy (non-hydrogen) atoms. The van der Waals surface area contributed by atoms with Gasteiger partial charge in [0.2, 0.25) is 5.91 Å². The van der Waals surface area contributed by atoms with Gasteiger partial charge in [-0.1, -0.05) is 48.5 Å². The predicted octanol–water partition coefficient (Wildman–Crippen LogP) is 4.04. The topological polar surface area (TPSA) is 46.3 Å². The number of hydrogen-bond acceptors (Lipinski definition) is 2. The van der Waals surface area contributed by atoms with Crippen LogP contribution in [-0.4, -0.2) is 23.4 Å². The fourth-order valence-corrected chi connectivity index (χ4v) is 3.08. The quantitative estimate of drug-likeness (QED) is 0.893. The van der Waals surface area contributed by atoms with Gasteiger partial charge in [-0.3, -0.25) is 4.79 Å². The van der Waals surface area contributed by atoms with Gasteiger partial charge in [-0.05, 0) is 30.5 Å². The highest BCUT2D eigenvalue weighted by atomic mass is 35.5. The summed E-state index contributed by atoms with van der Waals surface area (Å²) in [5.41, 5.74) is 6.53. The molecule has 0 heterocycles. The van der Waals surface area contributed by atoms with Gasteiger partial charge in [0.15, 0.2) is 0 Å². The van der Waals surface area contributed by atoms with Crippen molar-refractivity contribution >= 4 is 41.5 Å². The highest BCUT2D eigenvalue weighted by Crippen LogP contribution is 2.28. The van der Waals surface area contributed by atoms with Crippen molar-refractivity contribution < 1.29 is 4.79 Å². The summed E-state index contributed by atoms with van der Waals surface area (Å²) in [5.74, 6) is 0.0169. The fraction of sp³-hybridized carbons (Fsp3) is 0.533. The monoisotopic (exact) mass is 350 g/mol. The highest BCUT2D eigenvalue weighted by molar-refractivity contribution is 6.42. The predicted molar refractivity (Wildman–Crippen MR) is 90.2 cm³/mol. The van der Waals surface area contributed by atoms with Crippen LogP contribution in [0.25, 0.3) is 0 Å². The van der Waals surface area contributed by atoms with Gasteiger partial charge in [0, 0.05) is 13.6 Å². The van der Waals surface area contributed by atoms with Gasteiger partial charge in [-0.25, -0.2) is 0 Å². The first-order valence-electron chi connectivity index (χ1n) is 6.91. The molecule has 0 unspecified atom stereocenters. The third-order valence-electron chi connectivity index (χ3n) is 3.92. The van der Waals surface area contributed by atoms with E-state index in [2.05, 4.69) is 0 Å². The summed E-state index contributed by atoms with van der Waals surface area (Å²) in [6, 6.07) is 5.41. The van der Waals surface area contributed by atoms with E-state index in [1.807, 2.05) is 6.07 Å². The van der Waals surface area contributed by atoms with Crippen LogP contribution in [0.15, 0.2) is 18.2 Å². The Labute approximate surface area is 142 Å². The minimum absolute atomic E-state index is 0. The summed E-state index contributed by atoms with van der Waals surface area (Å²) in [5, 5.41) is 1.03. The molecule has 3 nitrogen and oxygen atoms in total. The lowest BCUT2D eigenvalue weighted by atomic mass is 9.81. The smallest absolute Gasteiger partial charge is 0.242 e. The summed E-state index contributed by atoms with van der Waals surface area (Å²) in [6.07, 6.45) is 4.78. The van der Waals surface area contributed by atoms with Gasteiger partial charge in [0.25, 0.3) is 0 Å². The number of likely N-dealkylation sites (N-methyl/N-ethyl adjacent to an activating group) is 1. The minimum atomic E-state index is -0.691. The number of nitrogens with zero attached hydrogens (tertiary/aromatic N) is 1. The van der Waals surface area contributed by atoms with E-state index < -0.39 is 5.54 Å². The zero-order valence-corrected chi connectivity index (χ0v) is 14.4. The van der Waals surface area contributed by atoms with Crippen molar-refractivity contribution in [2.75, 3.05) is 7.05 Å². The summed E-state index contributed by atoms with van der Waals surface area (Å²) < 4.78 is 0. The molecule has 1 aromatic rings. The molecule has 1 aliphatic carbocycles. The number of hydrogen-bond donors (Lipinski definition) is 1. The SMILES string of the molecule is CN(Cc1ccc(Cl)c(Cl)c1)C(=O)C1(N)CCCCC1.Cl. The van der Waals surface area contributed by atoms with Crippen molar-refractivity contribution in [2.24, 2.45) is 5.73 Å². The maximum atomic E-state index is 12.5. The molecule has 118 valence electrons. The first kappa shape index (κ1) is 18.6. The van der Waals surface area contributed by atoms with E-state index in [4.69, 9.17) is 28.9 Å². The molecule has 6 heteroatoms. The molecule has 0 aliphatic heterocycles. The molecule has 1 aliphatic rings. The van der Waals surface area contributed by atoms with Crippen molar-refractivity contribution in [1.29, 1.82) is 0 Å². The third kappa shape index (κ3) is 4.49. The minimum Gasteiger partial charge on any atom is -0.340 e. The van der Waals surface area contributed by atoms with E-state index in [1.54, 1.807) is 24.1 Å². The van der Waals surface area contributed by atoms with Crippen LogP contribution >= 0.6 is 35.6 Å². The number of benzene rings is 1. The van der Waals surface area contributed by atoms with Crippen molar-refractivity contribution in [3.05, 3.63) is 33.8 Å². The number of rotatable bonds is 3. The van der Waals surface area contributed by atoms with E-state index in [0.29, 0.717) is 16.6 Å². The molecule has 1 amide bonds. The van der Waals surface area contributed by atoms with Crippen LogP contribution in [0.1, 0.15) is 37.7 Å². The Kier molecular flexibility index (Phi) is 6.79. The summed E-state index contributed by atoms with van der Waals surface area (Å²) in [7, 11) is 1.79. The molecule has 0 aromatic heterocycles. The Bertz CT molecular complexity index is 502. The lowest BCUT2D eigenvalue weighted by molar-refractivity contribution is -0.137. The molecule has 1 aromatic carbocycles. The summed E-state index contributed by atoms with van der Waals surface area (Å²) >= 11 is 11.9. The average Bonchev–Trinajstić information content (AvgIpc) is 2.43. The van der Waals surface area contributed by atoms with Crippen LogP contribution in [0.4, 0.5) is 0 Å². The fourth-order valence-electron chi connectivity index (χ4n) is 2.76. The van der Waals surface area contributed by atoms with Gasteiger partial charge in [-0.2, -0.15) is 0 Å². The largest absolute Gasteiger partial charge is 0.340 e.